The standard InChI is InChI=1S/C17H24N2O/c1-3-5-12-19(13-6-4-2)17(20)16-9-7-8-15(14-16)10-11-18/h7-9,14H,3-6,10,12-13H2,1-2H3. The molecule has 0 aliphatic carbocycles. The molecule has 0 bridgehead atoms. The van der Waals surface area contributed by atoms with Gasteiger partial charge in [0.25, 0.3) is 5.91 Å². The van der Waals surface area contributed by atoms with Crippen LogP contribution in [0, 0.1) is 11.3 Å². The molecule has 0 atom stereocenters. The van der Waals surface area contributed by atoms with Crippen molar-refractivity contribution in [2.75, 3.05) is 13.1 Å². The highest BCUT2D eigenvalue weighted by Crippen LogP contribution is 2.11. The quantitative estimate of drug-likeness (QED) is 0.722. The summed E-state index contributed by atoms with van der Waals surface area (Å²) in [5.41, 5.74) is 1.61. The summed E-state index contributed by atoms with van der Waals surface area (Å²) in [5, 5.41) is 8.75. The van der Waals surface area contributed by atoms with Crippen LogP contribution < -0.4 is 0 Å². The molecular weight excluding hydrogens is 248 g/mol. The molecule has 0 N–H and O–H groups in total. The van der Waals surface area contributed by atoms with Crippen molar-refractivity contribution in [3.8, 4) is 6.07 Å². The van der Waals surface area contributed by atoms with E-state index in [0.717, 1.165) is 44.3 Å². The Kier molecular flexibility index (Phi) is 7.42. The van der Waals surface area contributed by atoms with E-state index in [2.05, 4.69) is 19.9 Å². The molecule has 20 heavy (non-hydrogen) atoms. The molecule has 0 heterocycles. The van der Waals surface area contributed by atoms with E-state index in [-0.39, 0.29) is 5.91 Å². The smallest absolute Gasteiger partial charge is 0.253 e. The molecule has 0 aliphatic heterocycles. The predicted molar refractivity (Wildman–Crippen MR) is 81.5 cm³/mol. The summed E-state index contributed by atoms with van der Waals surface area (Å²) < 4.78 is 0. The third-order valence-electron chi connectivity index (χ3n) is 3.31. The largest absolute Gasteiger partial charge is 0.339 e. The second-order valence-electron chi connectivity index (χ2n) is 5.03. The molecule has 1 aromatic rings. The summed E-state index contributed by atoms with van der Waals surface area (Å²) in [7, 11) is 0. The first-order chi connectivity index (χ1) is 9.72. The van der Waals surface area contributed by atoms with Crippen LogP contribution in [0.15, 0.2) is 24.3 Å². The third kappa shape index (κ3) is 5.05. The van der Waals surface area contributed by atoms with Gasteiger partial charge >= 0.3 is 0 Å². The number of hydrogen-bond donors (Lipinski definition) is 0. The van der Waals surface area contributed by atoms with Gasteiger partial charge in [-0.1, -0.05) is 38.8 Å². The number of nitriles is 1. The highest BCUT2D eigenvalue weighted by molar-refractivity contribution is 5.94. The molecule has 3 nitrogen and oxygen atoms in total. The number of carbonyl (C=O) groups excluding carboxylic acids is 1. The lowest BCUT2D eigenvalue weighted by atomic mass is 10.1. The lowest BCUT2D eigenvalue weighted by molar-refractivity contribution is 0.0751. The van der Waals surface area contributed by atoms with Crippen molar-refractivity contribution in [2.45, 2.75) is 46.0 Å². The van der Waals surface area contributed by atoms with Crippen LogP contribution >= 0.6 is 0 Å². The van der Waals surface area contributed by atoms with E-state index in [9.17, 15) is 4.79 Å². The fourth-order valence-corrected chi connectivity index (χ4v) is 2.10. The number of rotatable bonds is 8. The normalized spacial score (nSPS) is 10.1. The molecule has 1 amide bonds. The Labute approximate surface area is 122 Å². The summed E-state index contributed by atoms with van der Waals surface area (Å²) in [6.07, 6.45) is 4.60. The third-order valence-corrected chi connectivity index (χ3v) is 3.31. The van der Waals surface area contributed by atoms with E-state index in [4.69, 9.17) is 5.26 Å². The first-order valence-electron chi connectivity index (χ1n) is 7.48. The van der Waals surface area contributed by atoms with Crippen LogP contribution in [0.2, 0.25) is 0 Å². The molecule has 0 saturated heterocycles. The molecule has 1 rings (SSSR count). The van der Waals surface area contributed by atoms with Crippen LogP contribution in [0.4, 0.5) is 0 Å². The van der Waals surface area contributed by atoms with Gasteiger partial charge in [-0.2, -0.15) is 5.26 Å². The summed E-state index contributed by atoms with van der Waals surface area (Å²) >= 11 is 0. The zero-order valence-electron chi connectivity index (χ0n) is 12.6. The number of unbranched alkanes of at least 4 members (excludes halogenated alkanes) is 2. The van der Waals surface area contributed by atoms with Crippen molar-refractivity contribution in [2.24, 2.45) is 0 Å². The van der Waals surface area contributed by atoms with Gasteiger partial charge in [-0.25, -0.2) is 0 Å². The minimum atomic E-state index is 0.0895. The number of benzene rings is 1. The molecule has 0 aliphatic rings. The first-order valence-corrected chi connectivity index (χ1v) is 7.48. The van der Waals surface area contributed by atoms with Crippen LogP contribution in [-0.2, 0) is 6.42 Å². The first kappa shape index (κ1) is 16.2. The van der Waals surface area contributed by atoms with Crippen molar-refractivity contribution in [3.63, 3.8) is 0 Å². The second kappa shape index (κ2) is 9.14. The summed E-state index contributed by atoms with van der Waals surface area (Å²) in [6.45, 7) is 5.90. The maximum atomic E-state index is 12.6. The lowest BCUT2D eigenvalue weighted by Gasteiger charge is -2.22. The van der Waals surface area contributed by atoms with Crippen molar-refractivity contribution < 1.29 is 4.79 Å². The summed E-state index contributed by atoms with van der Waals surface area (Å²) in [5.74, 6) is 0.0895. The van der Waals surface area contributed by atoms with Crippen molar-refractivity contribution in [1.29, 1.82) is 5.26 Å². The number of nitrogens with zero attached hydrogens (tertiary/aromatic N) is 2. The molecule has 0 saturated carbocycles. The molecule has 108 valence electrons. The van der Waals surface area contributed by atoms with Gasteiger partial charge in [0.15, 0.2) is 0 Å². The molecule has 0 radical (unpaired) electrons. The van der Waals surface area contributed by atoms with Gasteiger partial charge in [0.1, 0.15) is 0 Å². The zero-order valence-corrected chi connectivity index (χ0v) is 12.6. The number of amides is 1. The maximum Gasteiger partial charge on any atom is 0.253 e. The van der Waals surface area contributed by atoms with Gasteiger partial charge in [-0.05, 0) is 30.5 Å². The van der Waals surface area contributed by atoms with Gasteiger partial charge in [0.2, 0.25) is 0 Å². The van der Waals surface area contributed by atoms with Crippen molar-refractivity contribution in [1.82, 2.24) is 4.90 Å². The average Bonchev–Trinajstić information content (AvgIpc) is 2.47. The zero-order chi connectivity index (χ0) is 14.8. The maximum absolute atomic E-state index is 12.6. The van der Waals surface area contributed by atoms with Gasteiger partial charge in [0, 0.05) is 18.7 Å². The number of carbonyl (C=O) groups is 1. The van der Waals surface area contributed by atoms with E-state index in [0.29, 0.717) is 12.0 Å². The Morgan fingerprint density at radius 3 is 2.40 bits per heavy atom. The molecule has 0 spiro atoms. The highest BCUT2D eigenvalue weighted by atomic mass is 16.2. The summed E-state index contributed by atoms with van der Waals surface area (Å²) in [6, 6.07) is 9.56. The minimum Gasteiger partial charge on any atom is -0.339 e. The Balaban J connectivity index is 2.81. The Morgan fingerprint density at radius 1 is 1.20 bits per heavy atom. The molecule has 0 unspecified atom stereocenters. The molecule has 0 aromatic heterocycles. The van der Waals surface area contributed by atoms with Crippen molar-refractivity contribution >= 4 is 5.91 Å². The van der Waals surface area contributed by atoms with Crippen LogP contribution in [0.1, 0.15) is 55.5 Å². The van der Waals surface area contributed by atoms with Gasteiger partial charge in [0.05, 0.1) is 12.5 Å². The van der Waals surface area contributed by atoms with Gasteiger partial charge in [-0.15, -0.1) is 0 Å². The molecule has 3 heteroatoms. The van der Waals surface area contributed by atoms with Gasteiger partial charge < -0.3 is 4.90 Å². The van der Waals surface area contributed by atoms with Crippen LogP contribution in [0.25, 0.3) is 0 Å². The lowest BCUT2D eigenvalue weighted by Crippen LogP contribution is -2.33. The van der Waals surface area contributed by atoms with E-state index in [1.807, 2.05) is 29.2 Å². The van der Waals surface area contributed by atoms with Crippen molar-refractivity contribution in [3.05, 3.63) is 35.4 Å². The monoisotopic (exact) mass is 272 g/mol. The van der Waals surface area contributed by atoms with E-state index < -0.39 is 0 Å². The van der Waals surface area contributed by atoms with E-state index >= 15 is 0 Å². The SMILES string of the molecule is CCCCN(CCCC)C(=O)c1cccc(CC#N)c1. The van der Waals surface area contributed by atoms with E-state index in [1.54, 1.807) is 0 Å². The fourth-order valence-electron chi connectivity index (χ4n) is 2.10. The Morgan fingerprint density at radius 2 is 1.85 bits per heavy atom. The molecule has 1 aromatic carbocycles. The Hall–Kier alpha value is -1.82. The van der Waals surface area contributed by atoms with Crippen LogP contribution in [0.5, 0.6) is 0 Å². The van der Waals surface area contributed by atoms with Crippen LogP contribution in [-0.4, -0.2) is 23.9 Å². The fraction of sp³-hybridized carbons (Fsp3) is 0.529. The summed E-state index contributed by atoms with van der Waals surface area (Å²) in [4.78, 5) is 14.5. The highest BCUT2D eigenvalue weighted by Gasteiger charge is 2.14. The minimum absolute atomic E-state index is 0.0895. The second-order valence-corrected chi connectivity index (χ2v) is 5.03. The number of hydrogen-bond acceptors (Lipinski definition) is 2. The topological polar surface area (TPSA) is 44.1 Å². The predicted octanol–water partition coefficient (Wildman–Crippen LogP) is 3.80. The van der Waals surface area contributed by atoms with Gasteiger partial charge in [-0.3, -0.25) is 4.79 Å². The molecule has 0 fully saturated rings. The average molecular weight is 272 g/mol. The Bertz CT molecular complexity index is 454. The van der Waals surface area contributed by atoms with E-state index in [1.165, 1.54) is 0 Å². The molecular formula is C17H24N2O. The van der Waals surface area contributed by atoms with Crippen LogP contribution in [0.3, 0.4) is 0 Å².